The highest BCUT2D eigenvalue weighted by atomic mass is 32.2. The fourth-order valence-corrected chi connectivity index (χ4v) is 1.41. The van der Waals surface area contributed by atoms with Gasteiger partial charge in [-0.3, -0.25) is 9.59 Å². The summed E-state index contributed by atoms with van der Waals surface area (Å²) in [6.07, 6.45) is 1.60. The van der Waals surface area contributed by atoms with Crippen molar-refractivity contribution in [2.75, 3.05) is 6.26 Å². The summed E-state index contributed by atoms with van der Waals surface area (Å²) < 4.78 is 0. The first-order chi connectivity index (χ1) is 5.97. The Kier molecular flexibility index (Phi) is 5.53. The van der Waals surface area contributed by atoms with Crippen LogP contribution in [0.25, 0.3) is 0 Å². The second-order valence-corrected chi connectivity index (χ2v) is 4.03. The van der Waals surface area contributed by atoms with E-state index in [0.29, 0.717) is 0 Å². The number of hydrogen-bond acceptors (Lipinski definition) is 3. The lowest BCUT2D eigenvalue weighted by Crippen LogP contribution is -2.38. The minimum atomic E-state index is -0.946. The van der Waals surface area contributed by atoms with Gasteiger partial charge in [-0.1, -0.05) is 0 Å². The van der Waals surface area contributed by atoms with Crippen molar-refractivity contribution in [3.8, 4) is 0 Å². The van der Waals surface area contributed by atoms with E-state index in [9.17, 15) is 9.59 Å². The molecule has 0 rings (SSSR count). The highest BCUT2D eigenvalue weighted by Crippen LogP contribution is 2.11. The summed E-state index contributed by atoms with van der Waals surface area (Å²) in [7, 11) is 0. The molecule has 76 valence electrons. The van der Waals surface area contributed by atoms with E-state index in [1.807, 2.05) is 13.8 Å². The smallest absolute Gasteiger partial charge is 0.305 e. The highest BCUT2D eigenvalue weighted by Gasteiger charge is 2.20. The number of carboxylic acid groups (broad SMARTS) is 1. The standard InChI is InChI=1S/C8H15NO3S/c1-5(2)9-8(12)6(13-3)4-7(10)11/h5-6H,4H2,1-3H3,(H,9,12)(H,10,11). The minimum Gasteiger partial charge on any atom is -0.481 e. The lowest BCUT2D eigenvalue weighted by atomic mass is 10.2. The average molecular weight is 205 g/mol. The summed E-state index contributed by atoms with van der Waals surface area (Å²) in [6.45, 7) is 3.69. The number of thioether (sulfide) groups is 1. The van der Waals surface area contributed by atoms with Crippen LogP contribution in [0.15, 0.2) is 0 Å². The molecule has 1 atom stereocenters. The Morgan fingerprint density at radius 3 is 2.31 bits per heavy atom. The molecule has 4 nitrogen and oxygen atoms in total. The third-order valence-electron chi connectivity index (χ3n) is 1.37. The molecule has 2 N–H and O–H groups in total. The number of carbonyl (C=O) groups is 2. The van der Waals surface area contributed by atoms with Gasteiger partial charge in [-0.25, -0.2) is 0 Å². The summed E-state index contributed by atoms with van der Waals surface area (Å²) in [6, 6.07) is 0.0518. The monoisotopic (exact) mass is 205 g/mol. The molecule has 1 amide bonds. The molecule has 5 heteroatoms. The number of aliphatic carboxylic acids is 1. The number of hydrogen-bond donors (Lipinski definition) is 2. The van der Waals surface area contributed by atoms with E-state index in [1.54, 1.807) is 6.26 Å². The Morgan fingerprint density at radius 1 is 1.46 bits per heavy atom. The number of rotatable bonds is 5. The van der Waals surface area contributed by atoms with Crippen LogP contribution < -0.4 is 5.32 Å². The lowest BCUT2D eigenvalue weighted by Gasteiger charge is -2.14. The lowest BCUT2D eigenvalue weighted by molar-refractivity contribution is -0.138. The van der Waals surface area contributed by atoms with Crippen LogP contribution in [0.2, 0.25) is 0 Å². The molecule has 0 aliphatic heterocycles. The summed E-state index contributed by atoms with van der Waals surface area (Å²) in [5.41, 5.74) is 0. The molecule has 0 spiro atoms. The van der Waals surface area contributed by atoms with E-state index < -0.39 is 11.2 Å². The first-order valence-corrected chi connectivity index (χ1v) is 5.31. The Bertz CT molecular complexity index is 194. The number of nitrogens with one attached hydrogen (secondary N) is 1. The van der Waals surface area contributed by atoms with E-state index >= 15 is 0 Å². The number of amides is 1. The molecule has 13 heavy (non-hydrogen) atoms. The van der Waals surface area contributed by atoms with Gasteiger partial charge >= 0.3 is 5.97 Å². The zero-order chi connectivity index (χ0) is 10.4. The molecule has 0 aromatic carbocycles. The molecular formula is C8H15NO3S. The fourth-order valence-electron chi connectivity index (χ4n) is 0.819. The molecule has 1 unspecified atom stereocenters. The van der Waals surface area contributed by atoms with Crippen LogP contribution in [0.1, 0.15) is 20.3 Å². The van der Waals surface area contributed by atoms with Crippen LogP contribution in [-0.2, 0) is 9.59 Å². The highest BCUT2D eigenvalue weighted by molar-refractivity contribution is 7.99. The third-order valence-corrected chi connectivity index (χ3v) is 2.32. The molecule has 0 aromatic heterocycles. The Labute approximate surface area is 82.1 Å². The Balaban J connectivity index is 4.07. The molecule has 0 radical (unpaired) electrons. The van der Waals surface area contributed by atoms with Crippen molar-refractivity contribution >= 4 is 23.6 Å². The molecule has 0 saturated heterocycles. The number of carbonyl (C=O) groups excluding carboxylic acids is 1. The maximum absolute atomic E-state index is 11.3. The largest absolute Gasteiger partial charge is 0.481 e. The van der Waals surface area contributed by atoms with Gasteiger partial charge in [0.05, 0.1) is 11.7 Å². The Hall–Kier alpha value is -0.710. The van der Waals surface area contributed by atoms with Gasteiger partial charge < -0.3 is 10.4 Å². The van der Waals surface area contributed by atoms with Crippen LogP contribution in [0.5, 0.6) is 0 Å². The van der Waals surface area contributed by atoms with Crippen LogP contribution in [0.4, 0.5) is 0 Å². The van der Waals surface area contributed by atoms with Crippen molar-refractivity contribution in [3.05, 3.63) is 0 Å². The van der Waals surface area contributed by atoms with Gasteiger partial charge in [-0.2, -0.15) is 11.8 Å². The van der Waals surface area contributed by atoms with E-state index in [1.165, 1.54) is 11.8 Å². The molecule has 0 heterocycles. The summed E-state index contributed by atoms with van der Waals surface area (Å²) >= 11 is 1.26. The second kappa shape index (κ2) is 5.85. The first-order valence-electron chi connectivity index (χ1n) is 4.02. The summed E-state index contributed by atoms with van der Waals surface area (Å²) in [4.78, 5) is 21.7. The molecule has 0 aliphatic rings. The molecule has 0 bridgehead atoms. The van der Waals surface area contributed by atoms with E-state index in [2.05, 4.69) is 5.32 Å². The van der Waals surface area contributed by atoms with Crippen molar-refractivity contribution in [1.29, 1.82) is 0 Å². The van der Waals surface area contributed by atoms with Gasteiger partial charge in [0, 0.05) is 6.04 Å². The summed E-state index contributed by atoms with van der Waals surface area (Å²) in [5, 5.41) is 10.7. The molecule has 0 saturated carbocycles. The van der Waals surface area contributed by atoms with Gasteiger partial charge in [-0.05, 0) is 20.1 Å². The predicted molar refractivity (Wildman–Crippen MR) is 52.8 cm³/mol. The van der Waals surface area contributed by atoms with Gasteiger partial charge in [-0.15, -0.1) is 0 Å². The third kappa shape index (κ3) is 5.52. The van der Waals surface area contributed by atoms with Crippen LogP contribution in [-0.4, -0.2) is 34.5 Å². The topological polar surface area (TPSA) is 66.4 Å². The van der Waals surface area contributed by atoms with Crippen molar-refractivity contribution in [2.45, 2.75) is 31.6 Å². The molecule has 0 fully saturated rings. The zero-order valence-corrected chi connectivity index (χ0v) is 8.85. The normalized spacial score (nSPS) is 12.6. The average Bonchev–Trinajstić information content (AvgIpc) is 1.98. The van der Waals surface area contributed by atoms with Crippen molar-refractivity contribution in [2.24, 2.45) is 0 Å². The fraction of sp³-hybridized carbons (Fsp3) is 0.750. The van der Waals surface area contributed by atoms with Crippen molar-refractivity contribution < 1.29 is 14.7 Å². The second-order valence-electron chi connectivity index (χ2n) is 2.99. The maximum Gasteiger partial charge on any atom is 0.305 e. The predicted octanol–water partition coefficient (Wildman–Crippen LogP) is 0.717. The number of carboxylic acids is 1. The van der Waals surface area contributed by atoms with Crippen LogP contribution in [0, 0.1) is 0 Å². The van der Waals surface area contributed by atoms with Gasteiger partial charge in [0.2, 0.25) is 5.91 Å². The quantitative estimate of drug-likeness (QED) is 0.694. The van der Waals surface area contributed by atoms with E-state index in [-0.39, 0.29) is 18.4 Å². The first kappa shape index (κ1) is 12.3. The van der Waals surface area contributed by atoms with Crippen LogP contribution in [0.3, 0.4) is 0 Å². The SMILES string of the molecule is CSC(CC(=O)O)C(=O)NC(C)C. The molecule has 0 aliphatic carbocycles. The van der Waals surface area contributed by atoms with E-state index in [0.717, 1.165) is 0 Å². The van der Waals surface area contributed by atoms with E-state index in [4.69, 9.17) is 5.11 Å². The van der Waals surface area contributed by atoms with Crippen LogP contribution >= 0.6 is 11.8 Å². The zero-order valence-electron chi connectivity index (χ0n) is 8.03. The minimum absolute atomic E-state index is 0.0518. The molecular weight excluding hydrogens is 190 g/mol. The van der Waals surface area contributed by atoms with Gasteiger partial charge in [0.1, 0.15) is 0 Å². The molecule has 0 aromatic rings. The maximum atomic E-state index is 11.3. The summed E-state index contributed by atoms with van der Waals surface area (Å²) in [5.74, 6) is -1.15. The van der Waals surface area contributed by atoms with Crippen molar-refractivity contribution in [1.82, 2.24) is 5.32 Å². The Morgan fingerprint density at radius 2 is 2.00 bits per heavy atom. The van der Waals surface area contributed by atoms with Gasteiger partial charge in [0.25, 0.3) is 0 Å². The van der Waals surface area contributed by atoms with Gasteiger partial charge in [0.15, 0.2) is 0 Å². The van der Waals surface area contributed by atoms with Crippen molar-refractivity contribution in [3.63, 3.8) is 0 Å².